The fourth-order valence-corrected chi connectivity index (χ4v) is 8.18. The summed E-state index contributed by atoms with van der Waals surface area (Å²) in [6.07, 6.45) is 3.11. The Hall–Kier alpha value is -2.76. The zero-order valence-corrected chi connectivity index (χ0v) is 24.8. The van der Waals surface area contributed by atoms with E-state index in [1.165, 1.54) is 12.1 Å². The first-order chi connectivity index (χ1) is 18.6. The Bertz CT molecular complexity index is 1480. The van der Waals surface area contributed by atoms with Gasteiger partial charge >= 0.3 is 16.1 Å². The zero-order chi connectivity index (χ0) is 27.9. The molecule has 0 atom stereocenters. The molecule has 1 aliphatic heterocycles. The molecule has 3 aliphatic rings. The lowest BCUT2D eigenvalue weighted by Crippen LogP contribution is -2.39. The number of allylic oxidation sites excluding steroid dienone is 4. The number of carboxylic acids is 1. The number of aliphatic carboxylic acids is 1. The Morgan fingerprint density at radius 3 is 1.97 bits per heavy atom. The lowest BCUT2D eigenvalue weighted by atomic mass is 9.71. The van der Waals surface area contributed by atoms with Crippen LogP contribution in [0.25, 0.3) is 0 Å². The van der Waals surface area contributed by atoms with Crippen molar-refractivity contribution < 1.29 is 32.1 Å². The topological polar surface area (TPSA) is 118 Å². The van der Waals surface area contributed by atoms with Crippen LogP contribution in [0.1, 0.15) is 56.4 Å². The minimum Gasteiger partial charge on any atom is -0.481 e. The maximum Gasteiger partial charge on any atom is 0.339 e. The number of nitrogens with zero attached hydrogens (tertiary/aromatic N) is 1. The SMILES string of the molecule is O=C(O)CCN1C2=C(C(=O)CCC2)C(c2cc(Br)c(OS(=O)(=O)c3ccccc3)c(Br)c2)C2=C1CCCC2=O. The molecule has 5 rings (SSSR count). The van der Waals surface area contributed by atoms with E-state index in [0.717, 1.165) is 11.4 Å². The minimum atomic E-state index is -4.11. The van der Waals surface area contributed by atoms with Crippen molar-refractivity contribution in [3.63, 3.8) is 0 Å². The smallest absolute Gasteiger partial charge is 0.339 e. The van der Waals surface area contributed by atoms with Crippen molar-refractivity contribution in [2.45, 2.75) is 55.8 Å². The van der Waals surface area contributed by atoms with E-state index in [4.69, 9.17) is 4.18 Å². The van der Waals surface area contributed by atoms with E-state index in [2.05, 4.69) is 31.9 Å². The van der Waals surface area contributed by atoms with Gasteiger partial charge in [0.05, 0.1) is 15.4 Å². The van der Waals surface area contributed by atoms with E-state index < -0.39 is 22.0 Å². The molecule has 39 heavy (non-hydrogen) atoms. The van der Waals surface area contributed by atoms with Crippen LogP contribution >= 0.6 is 31.9 Å². The third kappa shape index (κ3) is 5.36. The fourth-order valence-electron chi connectivity index (χ4n) is 5.60. The van der Waals surface area contributed by atoms with Crippen LogP contribution in [0.15, 0.2) is 78.8 Å². The molecule has 0 unspecified atom stereocenters. The van der Waals surface area contributed by atoms with E-state index in [1.807, 2.05) is 4.90 Å². The molecule has 2 aliphatic carbocycles. The van der Waals surface area contributed by atoms with Crippen molar-refractivity contribution in [1.82, 2.24) is 4.90 Å². The molecule has 0 aromatic heterocycles. The Labute approximate surface area is 243 Å². The summed E-state index contributed by atoms with van der Waals surface area (Å²) in [6, 6.07) is 11.2. The predicted octanol–water partition coefficient (Wildman–Crippen LogP) is 5.87. The van der Waals surface area contributed by atoms with Gasteiger partial charge in [0.2, 0.25) is 0 Å². The van der Waals surface area contributed by atoms with Gasteiger partial charge in [-0.2, -0.15) is 8.42 Å². The average Bonchev–Trinajstić information content (AvgIpc) is 2.89. The van der Waals surface area contributed by atoms with Gasteiger partial charge in [-0.05, 0) is 87.4 Å². The van der Waals surface area contributed by atoms with Gasteiger partial charge in [-0.25, -0.2) is 0 Å². The van der Waals surface area contributed by atoms with E-state index in [0.29, 0.717) is 64.2 Å². The Morgan fingerprint density at radius 2 is 1.46 bits per heavy atom. The summed E-state index contributed by atoms with van der Waals surface area (Å²) in [5, 5.41) is 9.35. The number of carbonyl (C=O) groups is 3. The van der Waals surface area contributed by atoms with Gasteiger partial charge in [0.1, 0.15) is 4.90 Å². The van der Waals surface area contributed by atoms with Crippen LogP contribution < -0.4 is 4.18 Å². The maximum atomic E-state index is 13.4. The highest BCUT2D eigenvalue weighted by Gasteiger charge is 2.43. The molecular formula is C28H25Br2NO7S. The molecule has 0 saturated heterocycles. The summed E-state index contributed by atoms with van der Waals surface area (Å²) in [6.45, 7) is 0.192. The van der Waals surface area contributed by atoms with Crippen molar-refractivity contribution >= 4 is 59.5 Å². The van der Waals surface area contributed by atoms with Crippen LogP contribution in [0, 0.1) is 0 Å². The van der Waals surface area contributed by atoms with Crippen molar-refractivity contribution in [2.75, 3.05) is 6.54 Å². The molecule has 2 aromatic carbocycles. The number of hydrogen-bond acceptors (Lipinski definition) is 7. The highest BCUT2D eigenvalue weighted by atomic mass is 79.9. The van der Waals surface area contributed by atoms with Gasteiger partial charge in [0, 0.05) is 47.8 Å². The van der Waals surface area contributed by atoms with Gasteiger partial charge < -0.3 is 14.2 Å². The number of ketones is 2. The standard InChI is InChI=1S/C28H25Br2NO7S/c29-18-14-16(15-19(30)28(18)38-39(36,37)17-6-2-1-3-7-17)25-26-20(8-4-10-22(26)32)31(13-12-24(34)35)21-9-5-11-23(33)27(21)25/h1-3,6-7,14-15,25H,4-5,8-13H2,(H,34,35). The highest BCUT2D eigenvalue weighted by Crippen LogP contribution is 2.51. The number of halogens is 2. The van der Waals surface area contributed by atoms with E-state index in [9.17, 15) is 27.9 Å². The number of carbonyl (C=O) groups excluding carboxylic acids is 2. The van der Waals surface area contributed by atoms with Crippen molar-refractivity contribution in [3.05, 3.63) is 79.5 Å². The van der Waals surface area contributed by atoms with Gasteiger partial charge in [-0.3, -0.25) is 14.4 Å². The molecule has 204 valence electrons. The molecule has 0 radical (unpaired) electrons. The molecule has 1 N–H and O–H groups in total. The fraction of sp³-hybridized carbons (Fsp3) is 0.321. The molecule has 0 bridgehead atoms. The highest BCUT2D eigenvalue weighted by molar-refractivity contribution is 9.11. The van der Waals surface area contributed by atoms with Crippen molar-refractivity contribution in [3.8, 4) is 5.75 Å². The van der Waals surface area contributed by atoms with Gasteiger partial charge in [0.15, 0.2) is 17.3 Å². The van der Waals surface area contributed by atoms with Crippen LogP contribution in [0.3, 0.4) is 0 Å². The molecule has 2 aromatic rings. The Kier molecular flexibility index (Phi) is 7.85. The quantitative estimate of drug-likeness (QED) is 0.362. The van der Waals surface area contributed by atoms with Crippen molar-refractivity contribution in [2.24, 2.45) is 0 Å². The summed E-state index contributed by atoms with van der Waals surface area (Å²) in [4.78, 5) is 40.1. The Balaban J connectivity index is 1.62. The summed E-state index contributed by atoms with van der Waals surface area (Å²) in [5.74, 6) is -1.66. The lowest BCUT2D eigenvalue weighted by Gasteiger charge is -2.44. The van der Waals surface area contributed by atoms with Gasteiger partial charge in [-0.1, -0.05) is 18.2 Å². The number of benzene rings is 2. The third-order valence-corrected chi connectivity index (χ3v) is 9.63. The van der Waals surface area contributed by atoms with Gasteiger partial charge in [-0.15, -0.1) is 0 Å². The monoisotopic (exact) mass is 677 g/mol. The second-order valence-electron chi connectivity index (χ2n) is 9.67. The number of Topliss-reactive ketones (excluding diaryl/α,β-unsaturated/α-hetero) is 2. The second-order valence-corrected chi connectivity index (χ2v) is 12.9. The maximum absolute atomic E-state index is 13.4. The average molecular weight is 679 g/mol. The lowest BCUT2D eigenvalue weighted by molar-refractivity contribution is -0.137. The first-order valence-electron chi connectivity index (χ1n) is 12.6. The predicted molar refractivity (Wildman–Crippen MR) is 150 cm³/mol. The molecule has 0 amide bonds. The molecular weight excluding hydrogens is 654 g/mol. The van der Waals surface area contributed by atoms with Crippen molar-refractivity contribution in [1.29, 1.82) is 0 Å². The molecule has 0 saturated carbocycles. The first-order valence-corrected chi connectivity index (χ1v) is 15.6. The van der Waals surface area contributed by atoms with E-state index >= 15 is 0 Å². The zero-order valence-electron chi connectivity index (χ0n) is 20.8. The van der Waals surface area contributed by atoms with Gasteiger partial charge in [0.25, 0.3) is 0 Å². The van der Waals surface area contributed by atoms with Crippen LogP contribution in [0.5, 0.6) is 5.75 Å². The minimum absolute atomic E-state index is 0.00630. The molecule has 11 heteroatoms. The summed E-state index contributed by atoms with van der Waals surface area (Å²) in [5.41, 5.74) is 3.24. The second kappa shape index (κ2) is 11.0. The summed E-state index contributed by atoms with van der Waals surface area (Å²) in [7, 11) is -4.11. The van der Waals surface area contributed by atoms with Crippen LogP contribution in [-0.2, 0) is 24.5 Å². The van der Waals surface area contributed by atoms with E-state index in [-0.39, 0.29) is 35.2 Å². The number of rotatable bonds is 7. The van der Waals surface area contributed by atoms with Crippen LogP contribution in [0.4, 0.5) is 0 Å². The molecule has 0 fully saturated rings. The molecule has 0 spiro atoms. The largest absolute Gasteiger partial charge is 0.481 e. The number of carboxylic acid groups (broad SMARTS) is 1. The van der Waals surface area contributed by atoms with Crippen LogP contribution in [0.2, 0.25) is 0 Å². The summed E-state index contributed by atoms with van der Waals surface area (Å²) < 4.78 is 31.9. The number of hydrogen-bond donors (Lipinski definition) is 1. The normalized spacial score (nSPS) is 18.3. The Morgan fingerprint density at radius 1 is 0.923 bits per heavy atom. The first kappa shape index (κ1) is 27.8. The molecule has 8 nitrogen and oxygen atoms in total. The third-order valence-electron chi connectivity index (χ3n) is 7.21. The van der Waals surface area contributed by atoms with E-state index in [1.54, 1.807) is 30.3 Å². The molecule has 1 heterocycles. The van der Waals surface area contributed by atoms with Crippen LogP contribution in [-0.4, -0.2) is 42.5 Å². The summed E-state index contributed by atoms with van der Waals surface area (Å²) >= 11 is 6.90.